The van der Waals surface area contributed by atoms with E-state index in [0.717, 1.165) is 11.1 Å². The smallest absolute Gasteiger partial charge is 0.265 e. The predicted molar refractivity (Wildman–Crippen MR) is 194 cm³/mol. The first kappa shape index (κ1) is 35.2. The van der Waals surface area contributed by atoms with Crippen LogP contribution in [0.1, 0.15) is 89.7 Å². The van der Waals surface area contributed by atoms with E-state index < -0.39 is 46.1 Å². The quantitative estimate of drug-likeness (QED) is 0.198. The van der Waals surface area contributed by atoms with Gasteiger partial charge in [0.05, 0.1) is 11.6 Å². The van der Waals surface area contributed by atoms with Crippen molar-refractivity contribution < 1.29 is 38.2 Å². The Labute approximate surface area is 307 Å². The molecule has 10 nitrogen and oxygen atoms in total. The van der Waals surface area contributed by atoms with E-state index in [9.17, 15) is 19.8 Å². The monoisotopic (exact) mass is 721 g/mol. The Balaban J connectivity index is 1.26. The number of aromatic nitrogens is 1. The molecule has 276 valence electrons. The topological polar surface area (TPSA) is 126 Å². The van der Waals surface area contributed by atoms with Gasteiger partial charge in [0.2, 0.25) is 11.6 Å². The second kappa shape index (κ2) is 12.4. The van der Waals surface area contributed by atoms with E-state index in [4.69, 9.17) is 14.0 Å². The third-order valence-corrected chi connectivity index (χ3v) is 11.7. The fourth-order valence-electron chi connectivity index (χ4n) is 8.94. The number of aliphatic hydroxyl groups excluding tert-OH is 1. The lowest BCUT2D eigenvalue weighted by Gasteiger charge is -2.53. The summed E-state index contributed by atoms with van der Waals surface area (Å²) in [5.74, 6) is -3.39. The standard InChI is InChI=1S/C42H44FN3O7/c1-40(2,3)46-19-26-27(20-46)35(51-21-23-13-9-7-10-14-23)29-25(32(26)43)17-41(4)18-28-33(45(5)6)36-30(37(48)42(28,50)38(49)31(41)34(29)47)39(44-53-36)52-22-24-15-11-8-12-16-24/h7-16,28,33,47,50H,17-22H2,1-6H3/t28-,33-,41-,42+/m0/s1. The van der Waals surface area contributed by atoms with Gasteiger partial charge in [-0.15, -0.1) is 0 Å². The molecule has 2 heterocycles. The number of Topliss-reactive ketones (excluding diaryl/α,β-unsaturated/α-hetero) is 2. The average Bonchev–Trinajstić information content (AvgIpc) is 3.76. The van der Waals surface area contributed by atoms with Crippen LogP contribution in [0.4, 0.5) is 4.39 Å². The first-order chi connectivity index (χ1) is 25.1. The lowest BCUT2D eigenvalue weighted by atomic mass is 9.52. The Morgan fingerprint density at radius 1 is 0.925 bits per heavy atom. The van der Waals surface area contributed by atoms with Gasteiger partial charge in [0, 0.05) is 52.2 Å². The normalized spacial score (nSPS) is 25.2. The summed E-state index contributed by atoms with van der Waals surface area (Å²) >= 11 is 0. The van der Waals surface area contributed by atoms with Gasteiger partial charge in [-0.2, -0.15) is 0 Å². The summed E-state index contributed by atoms with van der Waals surface area (Å²) in [6.45, 7) is 8.93. The highest BCUT2D eigenvalue weighted by Crippen LogP contribution is 2.61. The van der Waals surface area contributed by atoms with Crippen LogP contribution in [0.3, 0.4) is 0 Å². The minimum Gasteiger partial charge on any atom is -0.507 e. The van der Waals surface area contributed by atoms with Crippen LogP contribution in [-0.4, -0.2) is 62.0 Å². The number of ether oxygens (including phenoxy) is 2. The molecule has 4 aromatic rings. The van der Waals surface area contributed by atoms with E-state index in [1.165, 1.54) is 0 Å². The van der Waals surface area contributed by atoms with Crippen molar-refractivity contribution >= 4 is 17.3 Å². The minimum absolute atomic E-state index is 0.0411. The lowest BCUT2D eigenvalue weighted by Crippen LogP contribution is -2.65. The molecular weight excluding hydrogens is 677 g/mol. The highest BCUT2D eigenvalue weighted by molar-refractivity contribution is 6.26. The number of nitrogens with zero attached hydrogens (tertiary/aromatic N) is 3. The van der Waals surface area contributed by atoms with Crippen molar-refractivity contribution in [2.45, 2.75) is 84.0 Å². The molecule has 4 atom stereocenters. The first-order valence-electron chi connectivity index (χ1n) is 18.0. The van der Waals surface area contributed by atoms with Crippen molar-refractivity contribution in [1.29, 1.82) is 0 Å². The van der Waals surface area contributed by atoms with Crippen LogP contribution in [0, 0.1) is 17.2 Å². The van der Waals surface area contributed by atoms with Crippen molar-refractivity contribution in [2.75, 3.05) is 14.1 Å². The largest absolute Gasteiger partial charge is 0.507 e. The predicted octanol–water partition coefficient (Wildman–Crippen LogP) is 6.74. The summed E-state index contributed by atoms with van der Waals surface area (Å²) in [5.41, 5.74) is -1.09. The van der Waals surface area contributed by atoms with E-state index in [1.807, 2.05) is 60.7 Å². The SMILES string of the molecule is CN(C)[C@@H]1c2onc(OCc3ccccc3)c2C(=O)[C@@]2(O)C(=O)C3=C(O)c4c(c(F)c5c(c4OCc4ccccc4)CN(C(C)(C)C)C5)C[C@@]3(C)C[C@@H]12. The van der Waals surface area contributed by atoms with Crippen molar-refractivity contribution in [3.05, 3.63) is 117 Å². The summed E-state index contributed by atoms with van der Waals surface area (Å²) in [6.07, 6.45) is 0.104. The molecular formula is C42H44FN3O7. The van der Waals surface area contributed by atoms with Gasteiger partial charge in [-0.1, -0.05) is 67.6 Å². The number of carbonyl (C=O) groups is 2. The molecule has 3 aliphatic carbocycles. The summed E-state index contributed by atoms with van der Waals surface area (Å²) in [5, 5.41) is 29.0. The maximum Gasteiger partial charge on any atom is 0.265 e. The van der Waals surface area contributed by atoms with E-state index in [-0.39, 0.29) is 65.5 Å². The molecule has 0 radical (unpaired) electrons. The second-order valence-corrected chi connectivity index (χ2v) is 16.4. The molecule has 8 rings (SSSR count). The highest BCUT2D eigenvalue weighted by Gasteiger charge is 2.68. The van der Waals surface area contributed by atoms with E-state index >= 15 is 4.39 Å². The number of ketones is 2. The van der Waals surface area contributed by atoms with E-state index in [0.29, 0.717) is 30.0 Å². The van der Waals surface area contributed by atoms with Crippen molar-refractivity contribution in [1.82, 2.24) is 15.0 Å². The molecule has 1 aromatic heterocycles. The average molecular weight is 722 g/mol. The molecule has 1 aliphatic heterocycles. The molecule has 0 amide bonds. The van der Waals surface area contributed by atoms with Crippen LogP contribution in [0.25, 0.3) is 5.76 Å². The number of aliphatic hydroxyl groups is 2. The number of benzene rings is 3. The van der Waals surface area contributed by atoms with Gasteiger partial charge >= 0.3 is 0 Å². The lowest BCUT2D eigenvalue weighted by molar-refractivity contribution is -0.145. The number of halogens is 1. The summed E-state index contributed by atoms with van der Waals surface area (Å²) in [7, 11) is 3.54. The molecule has 4 aliphatic rings. The molecule has 3 aromatic carbocycles. The summed E-state index contributed by atoms with van der Waals surface area (Å²) < 4.78 is 35.2. The molecule has 11 heteroatoms. The Bertz CT molecular complexity index is 2170. The van der Waals surface area contributed by atoms with Crippen LogP contribution in [0.5, 0.6) is 11.6 Å². The second-order valence-electron chi connectivity index (χ2n) is 16.4. The van der Waals surface area contributed by atoms with Crippen LogP contribution in [0.2, 0.25) is 0 Å². The van der Waals surface area contributed by atoms with Gasteiger partial charge in [0.1, 0.15) is 36.1 Å². The molecule has 53 heavy (non-hydrogen) atoms. The van der Waals surface area contributed by atoms with Crippen molar-refractivity contribution in [2.24, 2.45) is 11.3 Å². The zero-order valence-electron chi connectivity index (χ0n) is 30.8. The molecule has 1 saturated carbocycles. The Morgan fingerprint density at radius 2 is 1.53 bits per heavy atom. The van der Waals surface area contributed by atoms with Crippen LogP contribution < -0.4 is 9.47 Å². The first-order valence-corrected chi connectivity index (χ1v) is 18.0. The molecule has 0 bridgehead atoms. The number of hydrogen-bond acceptors (Lipinski definition) is 10. The van der Waals surface area contributed by atoms with Gasteiger partial charge < -0.3 is 24.2 Å². The molecule has 1 fully saturated rings. The fraction of sp³-hybridized carbons (Fsp3) is 0.405. The number of carbonyl (C=O) groups excluding carboxylic acids is 2. The maximum absolute atomic E-state index is 17.0. The Kier molecular flexibility index (Phi) is 8.21. The van der Waals surface area contributed by atoms with Crippen molar-refractivity contribution in [3.63, 3.8) is 0 Å². The van der Waals surface area contributed by atoms with E-state index in [1.54, 1.807) is 25.9 Å². The molecule has 0 unspecified atom stereocenters. The zero-order chi connectivity index (χ0) is 37.6. The van der Waals surface area contributed by atoms with Crippen LogP contribution in [-0.2, 0) is 37.5 Å². The molecule has 0 spiro atoms. The third-order valence-electron chi connectivity index (χ3n) is 11.7. The van der Waals surface area contributed by atoms with Crippen LogP contribution in [0.15, 0.2) is 70.8 Å². The number of rotatable bonds is 7. The van der Waals surface area contributed by atoms with Crippen LogP contribution >= 0.6 is 0 Å². The molecule has 0 saturated heterocycles. The van der Waals surface area contributed by atoms with Gasteiger partial charge in [0.15, 0.2) is 11.4 Å². The minimum atomic E-state index is -2.60. The van der Waals surface area contributed by atoms with Gasteiger partial charge in [-0.3, -0.25) is 19.4 Å². The van der Waals surface area contributed by atoms with Gasteiger partial charge in [-0.05, 0) is 64.0 Å². The number of hydrogen-bond donors (Lipinski definition) is 2. The van der Waals surface area contributed by atoms with Crippen molar-refractivity contribution in [3.8, 4) is 11.6 Å². The summed E-state index contributed by atoms with van der Waals surface area (Å²) in [6, 6.07) is 18.1. The fourth-order valence-corrected chi connectivity index (χ4v) is 8.94. The molecule has 2 N–H and O–H groups in total. The Morgan fingerprint density at radius 3 is 2.13 bits per heavy atom. The highest BCUT2D eigenvalue weighted by atomic mass is 19.1. The van der Waals surface area contributed by atoms with Gasteiger partial charge in [-0.25, -0.2) is 4.39 Å². The summed E-state index contributed by atoms with van der Waals surface area (Å²) in [4.78, 5) is 33.5. The maximum atomic E-state index is 17.0. The third kappa shape index (κ3) is 5.34. The van der Waals surface area contributed by atoms with E-state index in [2.05, 4.69) is 30.8 Å². The zero-order valence-corrected chi connectivity index (χ0v) is 30.8. The van der Waals surface area contributed by atoms with Gasteiger partial charge in [0.25, 0.3) is 5.88 Å². The Hall–Kier alpha value is -4.84. The number of fused-ring (bicyclic) bond motifs is 5.